The minimum atomic E-state index is -0.0389. The fourth-order valence-corrected chi connectivity index (χ4v) is 2.76. The Balaban J connectivity index is 1.90. The topological polar surface area (TPSA) is 29.5 Å². The Morgan fingerprint density at radius 1 is 1.42 bits per heavy atom. The van der Waals surface area contributed by atoms with Gasteiger partial charge in [0.2, 0.25) is 0 Å². The molecule has 1 saturated heterocycles. The third-order valence-electron chi connectivity index (χ3n) is 3.44. The molecule has 0 N–H and O–H groups in total. The molecule has 0 radical (unpaired) electrons. The van der Waals surface area contributed by atoms with Crippen LogP contribution in [-0.2, 0) is 16.1 Å². The molecule has 1 unspecified atom stereocenters. The average molecular weight is 326 g/mol. The van der Waals surface area contributed by atoms with Gasteiger partial charge in [0.15, 0.2) is 0 Å². The van der Waals surface area contributed by atoms with E-state index in [9.17, 15) is 4.79 Å². The van der Waals surface area contributed by atoms with Crippen LogP contribution in [0.2, 0.25) is 0 Å². The molecule has 0 aromatic heterocycles. The number of rotatable bonds is 4. The molecule has 1 aliphatic rings. The predicted molar refractivity (Wildman–Crippen MR) is 78.8 cm³/mol. The van der Waals surface area contributed by atoms with Crippen molar-refractivity contribution < 1.29 is 9.53 Å². The second-order valence-corrected chi connectivity index (χ2v) is 5.87. The molecule has 19 heavy (non-hydrogen) atoms. The van der Waals surface area contributed by atoms with E-state index in [1.165, 1.54) is 5.56 Å². The van der Waals surface area contributed by atoms with Crippen molar-refractivity contribution in [1.29, 1.82) is 0 Å². The van der Waals surface area contributed by atoms with E-state index in [1.54, 1.807) is 0 Å². The normalized spacial score (nSPS) is 20.2. The van der Waals surface area contributed by atoms with E-state index in [2.05, 4.69) is 45.1 Å². The Morgan fingerprint density at radius 3 is 2.84 bits per heavy atom. The molecule has 2 rings (SSSR count). The van der Waals surface area contributed by atoms with Crippen LogP contribution >= 0.6 is 15.9 Å². The first-order valence-corrected chi connectivity index (χ1v) is 7.61. The SMILES string of the molecule is CCOC(=O)C1CCCN(Cc2ccc(Br)cc2)C1. The first-order valence-electron chi connectivity index (χ1n) is 6.82. The quantitative estimate of drug-likeness (QED) is 0.796. The summed E-state index contributed by atoms with van der Waals surface area (Å²) < 4.78 is 6.22. The van der Waals surface area contributed by atoms with Crippen LogP contribution in [0.25, 0.3) is 0 Å². The van der Waals surface area contributed by atoms with E-state index in [1.807, 2.05) is 6.92 Å². The van der Waals surface area contributed by atoms with Crippen molar-refractivity contribution in [3.8, 4) is 0 Å². The number of nitrogens with zero attached hydrogens (tertiary/aromatic N) is 1. The Kier molecular flexibility index (Phi) is 5.40. The third-order valence-corrected chi connectivity index (χ3v) is 3.97. The largest absolute Gasteiger partial charge is 0.466 e. The summed E-state index contributed by atoms with van der Waals surface area (Å²) >= 11 is 3.44. The smallest absolute Gasteiger partial charge is 0.310 e. The zero-order valence-electron chi connectivity index (χ0n) is 11.3. The highest BCUT2D eigenvalue weighted by Gasteiger charge is 2.26. The van der Waals surface area contributed by atoms with Crippen molar-refractivity contribution in [2.75, 3.05) is 19.7 Å². The number of ether oxygens (including phenoxy) is 1. The van der Waals surface area contributed by atoms with E-state index in [4.69, 9.17) is 4.74 Å². The second kappa shape index (κ2) is 7.06. The number of carbonyl (C=O) groups excluding carboxylic acids is 1. The molecule has 0 bridgehead atoms. The molecular weight excluding hydrogens is 306 g/mol. The van der Waals surface area contributed by atoms with Crippen molar-refractivity contribution in [2.45, 2.75) is 26.3 Å². The highest BCUT2D eigenvalue weighted by Crippen LogP contribution is 2.20. The zero-order chi connectivity index (χ0) is 13.7. The van der Waals surface area contributed by atoms with E-state index in [0.717, 1.165) is 36.9 Å². The van der Waals surface area contributed by atoms with Crippen LogP contribution in [0, 0.1) is 5.92 Å². The van der Waals surface area contributed by atoms with Gasteiger partial charge in [0.05, 0.1) is 12.5 Å². The summed E-state index contributed by atoms with van der Waals surface area (Å²) in [5.74, 6) is 0.00662. The first kappa shape index (κ1) is 14.5. The summed E-state index contributed by atoms with van der Waals surface area (Å²) in [5.41, 5.74) is 1.28. The molecule has 1 heterocycles. The number of piperidine rings is 1. The molecular formula is C15H20BrNO2. The third kappa shape index (κ3) is 4.32. The summed E-state index contributed by atoms with van der Waals surface area (Å²) in [6, 6.07) is 8.36. The molecule has 0 amide bonds. The fraction of sp³-hybridized carbons (Fsp3) is 0.533. The van der Waals surface area contributed by atoms with E-state index in [0.29, 0.717) is 6.61 Å². The summed E-state index contributed by atoms with van der Waals surface area (Å²) in [6.07, 6.45) is 2.02. The maximum Gasteiger partial charge on any atom is 0.310 e. The minimum Gasteiger partial charge on any atom is -0.466 e. The van der Waals surface area contributed by atoms with Gasteiger partial charge in [-0.3, -0.25) is 9.69 Å². The van der Waals surface area contributed by atoms with Crippen LogP contribution < -0.4 is 0 Å². The summed E-state index contributed by atoms with van der Waals surface area (Å²) in [5, 5.41) is 0. The summed E-state index contributed by atoms with van der Waals surface area (Å²) in [6.45, 7) is 5.12. The number of esters is 1. The minimum absolute atomic E-state index is 0.0389. The van der Waals surface area contributed by atoms with Crippen LogP contribution in [0.4, 0.5) is 0 Å². The number of likely N-dealkylation sites (tertiary alicyclic amines) is 1. The van der Waals surface area contributed by atoms with Gasteiger partial charge in [0.1, 0.15) is 0 Å². The molecule has 0 spiro atoms. The van der Waals surface area contributed by atoms with Gasteiger partial charge in [-0.2, -0.15) is 0 Å². The molecule has 1 aromatic carbocycles. The fourth-order valence-electron chi connectivity index (χ4n) is 2.50. The molecule has 1 fully saturated rings. The van der Waals surface area contributed by atoms with E-state index < -0.39 is 0 Å². The number of benzene rings is 1. The second-order valence-electron chi connectivity index (χ2n) is 4.95. The van der Waals surface area contributed by atoms with Crippen molar-refractivity contribution in [2.24, 2.45) is 5.92 Å². The number of carbonyl (C=O) groups is 1. The van der Waals surface area contributed by atoms with Gasteiger partial charge in [0.25, 0.3) is 0 Å². The highest BCUT2D eigenvalue weighted by molar-refractivity contribution is 9.10. The lowest BCUT2D eigenvalue weighted by molar-refractivity contribution is -0.150. The average Bonchev–Trinajstić information content (AvgIpc) is 2.42. The summed E-state index contributed by atoms with van der Waals surface area (Å²) in [4.78, 5) is 14.1. The van der Waals surface area contributed by atoms with Crippen molar-refractivity contribution in [1.82, 2.24) is 4.90 Å². The van der Waals surface area contributed by atoms with Gasteiger partial charge < -0.3 is 4.74 Å². The summed E-state index contributed by atoms with van der Waals surface area (Å²) in [7, 11) is 0. The molecule has 0 aliphatic carbocycles. The van der Waals surface area contributed by atoms with Crippen molar-refractivity contribution in [3.63, 3.8) is 0 Å². The van der Waals surface area contributed by atoms with E-state index in [-0.39, 0.29) is 11.9 Å². The first-order chi connectivity index (χ1) is 9.19. The Hall–Kier alpha value is -0.870. The van der Waals surface area contributed by atoms with Gasteiger partial charge in [-0.05, 0) is 44.0 Å². The van der Waals surface area contributed by atoms with Crippen LogP contribution in [0.1, 0.15) is 25.3 Å². The molecule has 1 aromatic rings. The van der Waals surface area contributed by atoms with Crippen molar-refractivity contribution >= 4 is 21.9 Å². The van der Waals surface area contributed by atoms with Crippen LogP contribution in [0.15, 0.2) is 28.7 Å². The van der Waals surface area contributed by atoms with Crippen LogP contribution in [-0.4, -0.2) is 30.6 Å². The van der Waals surface area contributed by atoms with Gasteiger partial charge in [0, 0.05) is 17.6 Å². The molecule has 1 aliphatic heterocycles. The molecule has 1 atom stereocenters. The monoisotopic (exact) mass is 325 g/mol. The lowest BCUT2D eigenvalue weighted by Gasteiger charge is -2.31. The molecule has 0 saturated carbocycles. The maximum atomic E-state index is 11.8. The van der Waals surface area contributed by atoms with Crippen LogP contribution in [0.3, 0.4) is 0 Å². The lowest BCUT2D eigenvalue weighted by atomic mass is 9.98. The standard InChI is InChI=1S/C15H20BrNO2/c1-2-19-15(18)13-4-3-9-17(11-13)10-12-5-7-14(16)8-6-12/h5-8,13H,2-4,9-11H2,1H3. The van der Waals surface area contributed by atoms with Gasteiger partial charge in [-0.25, -0.2) is 0 Å². The van der Waals surface area contributed by atoms with Crippen LogP contribution in [0.5, 0.6) is 0 Å². The Bertz CT molecular complexity index is 419. The van der Waals surface area contributed by atoms with Gasteiger partial charge in [-0.15, -0.1) is 0 Å². The molecule has 3 nitrogen and oxygen atoms in total. The predicted octanol–water partition coefficient (Wildman–Crippen LogP) is 3.22. The zero-order valence-corrected chi connectivity index (χ0v) is 12.9. The Labute approximate surface area is 123 Å². The van der Waals surface area contributed by atoms with Gasteiger partial charge >= 0.3 is 5.97 Å². The molecule has 104 valence electrons. The van der Waals surface area contributed by atoms with E-state index >= 15 is 0 Å². The number of hydrogen-bond donors (Lipinski definition) is 0. The maximum absolute atomic E-state index is 11.8. The van der Waals surface area contributed by atoms with Gasteiger partial charge in [-0.1, -0.05) is 28.1 Å². The number of hydrogen-bond acceptors (Lipinski definition) is 3. The highest BCUT2D eigenvalue weighted by atomic mass is 79.9. The number of halogens is 1. The lowest BCUT2D eigenvalue weighted by Crippen LogP contribution is -2.38. The molecule has 4 heteroatoms. The van der Waals surface area contributed by atoms with Crippen molar-refractivity contribution in [3.05, 3.63) is 34.3 Å². The Morgan fingerprint density at radius 2 is 2.16 bits per heavy atom.